The van der Waals surface area contributed by atoms with E-state index in [1.54, 1.807) is 28.4 Å². The van der Waals surface area contributed by atoms with Crippen LogP contribution in [0.15, 0.2) is 53.0 Å². The van der Waals surface area contributed by atoms with Gasteiger partial charge in [-0.3, -0.25) is 9.69 Å². The monoisotopic (exact) mass is 471 g/mol. The van der Waals surface area contributed by atoms with Crippen LogP contribution < -0.4 is 10.6 Å². The summed E-state index contributed by atoms with van der Waals surface area (Å²) in [5.74, 6) is -0.110. The molecule has 0 bridgehead atoms. The van der Waals surface area contributed by atoms with E-state index in [1.165, 1.54) is 4.88 Å². The number of hydrogen-bond donors (Lipinski definition) is 1. The zero-order valence-electron chi connectivity index (χ0n) is 17.6. The molecule has 31 heavy (non-hydrogen) atoms. The number of nitriles is 1. The van der Waals surface area contributed by atoms with Crippen molar-refractivity contribution in [3.05, 3.63) is 72.8 Å². The lowest BCUT2D eigenvalue weighted by Crippen LogP contribution is -2.42. The van der Waals surface area contributed by atoms with Crippen LogP contribution in [-0.4, -0.2) is 5.78 Å². The number of halogens is 2. The predicted molar refractivity (Wildman–Crippen MR) is 127 cm³/mol. The quantitative estimate of drug-likeness (QED) is 0.549. The van der Waals surface area contributed by atoms with Gasteiger partial charge < -0.3 is 5.73 Å². The molecule has 1 aliphatic carbocycles. The highest BCUT2D eigenvalue weighted by Gasteiger charge is 2.45. The maximum atomic E-state index is 13.5. The summed E-state index contributed by atoms with van der Waals surface area (Å²) in [5.41, 5.74) is 8.79. The number of allylic oxidation sites excluding steroid dienone is 3. The third-order valence-electron chi connectivity index (χ3n) is 5.87. The Morgan fingerprint density at radius 1 is 1.26 bits per heavy atom. The average Bonchev–Trinajstić information content (AvgIpc) is 3.18. The van der Waals surface area contributed by atoms with Crippen LogP contribution in [0.3, 0.4) is 0 Å². The molecule has 2 aromatic rings. The van der Waals surface area contributed by atoms with Crippen molar-refractivity contribution in [3.63, 3.8) is 0 Å². The van der Waals surface area contributed by atoms with Gasteiger partial charge in [0.15, 0.2) is 5.78 Å². The molecule has 0 amide bonds. The van der Waals surface area contributed by atoms with E-state index in [1.807, 2.05) is 12.1 Å². The number of carbonyl (C=O) groups excluding carboxylic acids is 1. The minimum atomic E-state index is -0.455. The molecule has 4 rings (SSSR count). The van der Waals surface area contributed by atoms with Crippen LogP contribution in [0.2, 0.25) is 10.0 Å². The Labute approximate surface area is 196 Å². The Balaban J connectivity index is 2.01. The van der Waals surface area contributed by atoms with Gasteiger partial charge in [-0.25, -0.2) is 0 Å². The van der Waals surface area contributed by atoms with E-state index in [0.29, 0.717) is 45.5 Å². The summed E-state index contributed by atoms with van der Waals surface area (Å²) in [6, 6.07) is 11.7. The lowest BCUT2D eigenvalue weighted by atomic mass is 9.69. The molecule has 0 spiro atoms. The standard InChI is InChI=1S/C24H23Cl2N3OS/c1-4-13-8-9-19(31-13)20-14(12-27)23(28)29(16-7-5-6-15(25)22(16)26)17-10-24(2,3)11-18(30)21(17)20/h5-9,20H,4,10-11,28H2,1-3H3. The fourth-order valence-electron chi connectivity index (χ4n) is 4.47. The fourth-order valence-corrected chi connectivity index (χ4v) is 5.93. The smallest absolute Gasteiger partial charge is 0.162 e. The van der Waals surface area contributed by atoms with Gasteiger partial charge in [-0.05, 0) is 42.5 Å². The van der Waals surface area contributed by atoms with E-state index < -0.39 is 5.92 Å². The van der Waals surface area contributed by atoms with Crippen molar-refractivity contribution < 1.29 is 4.79 Å². The largest absolute Gasteiger partial charge is 0.384 e. The summed E-state index contributed by atoms with van der Waals surface area (Å²) in [4.78, 5) is 17.4. The minimum Gasteiger partial charge on any atom is -0.384 e. The van der Waals surface area contributed by atoms with Crippen molar-refractivity contribution in [2.45, 2.75) is 46.0 Å². The lowest BCUT2D eigenvalue weighted by molar-refractivity contribution is -0.118. The number of thiophene rings is 1. The molecule has 1 aromatic carbocycles. The minimum absolute atomic E-state index is 0.0473. The molecular formula is C24H23Cl2N3OS. The molecule has 7 heteroatoms. The van der Waals surface area contributed by atoms with Gasteiger partial charge in [0, 0.05) is 27.4 Å². The molecule has 1 unspecified atom stereocenters. The number of hydrogen-bond acceptors (Lipinski definition) is 5. The van der Waals surface area contributed by atoms with Crippen LogP contribution in [-0.2, 0) is 11.2 Å². The van der Waals surface area contributed by atoms with Crippen molar-refractivity contribution in [2.75, 3.05) is 4.90 Å². The second-order valence-electron chi connectivity index (χ2n) is 8.71. The number of anilines is 1. The van der Waals surface area contributed by atoms with Crippen LogP contribution in [0.4, 0.5) is 5.69 Å². The maximum Gasteiger partial charge on any atom is 0.162 e. The van der Waals surface area contributed by atoms with Crippen LogP contribution in [0.25, 0.3) is 0 Å². The number of nitrogens with two attached hydrogens (primary N) is 1. The molecule has 4 nitrogen and oxygen atoms in total. The molecule has 0 radical (unpaired) electrons. The van der Waals surface area contributed by atoms with Gasteiger partial charge in [0.25, 0.3) is 0 Å². The van der Waals surface area contributed by atoms with Gasteiger partial charge in [-0.2, -0.15) is 5.26 Å². The number of aryl methyl sites for hydroxylation is 1. The van der Waals surface area contributed by atoms with Crippen LogP contribution in [0, 0.1) is 16.7 Å². The molecule has 1 aliphatic heterocycles. The first-order valence-electron chi connectivity index (χ1n) is 10.2. The Kier molecular flexibility index (Phi) is 5.68. The van der Waals surface area contributed by atoms with E-state index in [0.717, 1.165) is 17.0 Å². The summed E-state index contributed by atoms with van der Waals surface area (Å²) < 4.78 is 0. The zero-order valence-corrected chi connectivity index (χ0v) is 20.0. The van der Waals surface area contributed by atoms with Crippen LogP contribution in [0.1, 0.15) is 49.3 Å². The molecule has 0 fully saturated rings. The molecule has 1 atom stereocenters. The van der Waals surface area contributed by atoms with Crippen molar-refractivity contribution in [3.8, 4) is 6.07 Å². The van der Waals surface area contributed by atoms with E-state index in [9.17, 15) is 10.1 Å². The number of Topliss-reactive ketones (excluding diaryl/α,β-unsaturated/α-hetero) is 1. The first kappa shape index (κ1) is 22.0. The number of ketones is 1. The third-order valence-corrected chi connectivity index (χ3v) is 7.97. The van der Waals surface area contributed by atoms with E-state index in [2.05, 4.69) is 32.9 Å². The van der Waals surface area contributed by atoms with E-state index in [-0.39, 0.29) is 11.2 Å². The van der Waals surface area contributed by atoms with Crippen LogP contribution in [0.5, 0.6) is 0 Å². The first-order chi connectivity index (χ1) is 14.7. The first-order valence-corrected chi connectivity index (χ1v) is 11.7. The molecular weight excluding hydrogens is 449 g/mol. The van der Waals surface area contributed by atoms with Crippen molar-refractivity contribution in [2.24, 2.45) is 11.1 Å². The van der Waals surface area contributed by atoms with E-state index in [4.69, 9.17) is 28.9 Å². The second kappa shape index (κ2) is 8.02. The van der Waals surface area contributed by atoms with Crippen LogP contribution >= 0.6 is 34.5 Å². The molecule has 1 aromatic heterocycles. The molecule has 2 N–H and O–H groups in total. The molecule has 160 valence electrons. The lowest BCUT2D eigenvalue weighted by Gasteiger charge is -2.43. The molecule has 0 saturated carbocycles. The summed E-state index contributed by atoms with van der Waals surface area (Å²) in [7, 11) is 0. The molecule has 2 heterocycles. The predicted octanol–water partition coefficient (Wildman–Crippen LogP) is 6.56. The van der Waals surface area contributed by atoms with Gasteiger partial charge in [0.2, 0.25) is 0 Å². The van der Waals surface area contributed by atoms with Gasteiger partial charge >= 0.3 is 0 Å². The second-order valence-corrected chi connectivity index (χ2v) is 10.7. The van der Waals surface area contributed by atoms with Gasteiger partial charge in [-0.15, -0.1) is 11.3 Å². The number of rotatable bonds is 3. The molecule has 2 aliphatic rings. The third kappa shape index (κ3) is 3.67. The zero-order chi connectivity index (χ0) is 22.5. The number of nitrogens with zero attached hydrogens (tertiary/aromatic N) is 2. The Bertz CT molecular complexity index is 1190. The van der Waals surface area contributed by atoms with E-state index >= 15 is 0 Å². The molecule has 0 saturated heterocycles. The van der Waals surface area contributed by atoms with Crippen molar-refractivity contribution in [1.82, 2.24) is 0 Å². The Morgan fingerprint density at radius 2 is 2.00 bits per heavy atom. The highest BCUT2D eigenvalue weighted by molar-refractivity contribution is 7.12. The summed E-state index contributed by atoms with van der Waals surface area (Å²) >= 11 is 14.5. The fraction of sp³-hybridized carbons (Fsp3) is 0.333. The Morgan fingerprint density at radius 3 is 2.65 bits per heavy atom. The maximum absolute atomic E-state index is 13.5. The summed E-state index contributed by atoms with van der Waals surface area (Å²) in [6.45, 7) is 6.23. The summed E-state index contributed by atoms with van der Waals surface area (Å²) in [6.07, 6.45) is 1.96. The van der Waals surface area contributed by atoms with Gasteiger partial charge in [0.1, 0.15) is 5.82 Å². The average molecular weight is 472 g/mol. The van der Waals surface area contributed by atoms with Crippen molar-refractivity contribution >= 4 is 46.0 Å². The number of carbonyl (C=O) groups is 1. The highest BCUT2D eigenvalue weighted by Crippen LogP contribution is 2.52. The number of benzene rings is 1. The van der Waals surface area contributed by atoms with Gasteiger partial charge in [0.05, 0.1) is 33.3 Å². The SMILES string of the molecule is CCc1ccc(C2C(C#N)=C(N)N(c3cccc(Cl)c3Cl)C3=C2C(=O)CC(C)(C)C3)s1. The normalized spacial score (nSPS) is 20.7. The summed E-state index contributed by atoms with van der Waals surface area (Å²) in [5, 5.41) is 10.9. The highest BCUT2D eigenvalue weighted by atomic mass is 35.5. The topological polar surface area (TPSA) is 70.1 Å². The van der Waals surface area contributed by atoms with Crippen molar-refractivity contribution in [1.29, 1.82) is 5.26 Å². The van der Waals surface area contributed by atoms with Gasteiger partial charge in [-0.1, -0.05) is 50.0 Å². The Hall–Kier alpha value is -2.26.